The maximum Gasteiger partial charge on any atom is 0.227 e. The predicted octanol–water partition coefficient (Wildman–Crippen LogP) is 2.33. The molecule has 0 saturated heterocycles. The molecule has 0 aliphatic heterocycles. The SMILES string of the molecule is NCc1cc(=O)c(OCc2ccc(Cl)cc2)co1. The van der Waals surface area contributed by atoms with Crippen LogP contribution in [-0.4, -0.2) is 0 Å². The molecule has 1 aromatic heterocycles. The Hall–Kier alpha value is -1.78. The largest absolute Gasteiger partial charge is 0.482 e. The highest BCUT2D eigenvalue weighted by atomic mass is 35.5. The van der Waals surface area contributed by atoms with Gasteiger partial charge in [0.1, 0.15) is 18.6 Å². The van der Waals surface area contributed by atoms with Crippen molar-refractivity contribution in [3.8, 4) is 5.75 Å². The summed E-state index contributed by atoms with van der Waals surface area (Å²) in [5, 5.41) is 0.658. The molecule has 4 nitrogen and oxygen atoms in total. The smallest absolute Gasteiger partial charge is 0.227 e. The van der Waals surface area contributed by atoms with Crippen LogP contribution in [0.3, 0.4) is 0 Å². The Kier molecular flexibility index (Phi) is 4.02. The number of halogens is 1. The Labute approximate surface area is 109 Å². The molecule has 0 atom stereocenters. The summed E-state index contributed by atoms with van der Waals surface area (Å²) in [5.41, 5.74) is 6.04. The lowest BCUT2D eigenvalue weighted by molar-refractivity contribution is 0.289. The Morgan fingerprint density at radius 1 is 1.28 bits per heavy atom. The number of benzene rings is 1. The van der Waals surface area contributed by atoms with Crippen LogP contribution in [0.2, 0.25) is 5.02 Å². The van der Waals surface area contributed by atoms with E-state index < -0.39 is 0 Å². The van der Waals surface area contributed by atoms with Gasteiger partial charge in [0.05, 0.1) is 6.54 Å². The van der Waals surface area contributed by atoms with Crippen LogP contribution in [-0.2, 0) is 13.2 Å². The second-order valence-electron chi connectivity index (χ2n) is 3.69. The first-order valence-electron chi connectivity index (χ1n) is 5.38. The Bertz CT molecular complexity index is 578. The minimum atomic E-state index is -0.240. The van der Waals surface area contributed by atoms with Gasteiger partial charge in [0, 0.05) is 11.1 Å². The summed E-state index contributed by atoms with van der Waals surface area (Å²) in [5.74, 6) is 0.598. The predicted molar refractivity (Wildman–Crippen MR) is 68.7 cm³/mol. The fraction of sp³-hybridized carbons (Fsp3) is 0.154. The third kappa shape index (κ3) is 3.12. The summed E-state index contributed by atoms with van der Waals surface area (Å²) in [6.07, 6.45) is 1.28. The lowest BCUT2D eigenvalue weighted by Crippen LogP contribution is -2.09. The molecule has 0 spiro atoms. The first-order valence-corrected chi connectivity index (χ1v) is 5.76. The van der Waals surface area contributed by atoms with Gasteiger partial charge in [-0.05, 0) is 17.7 Å². The molecule has 2 rings (SSSR count). The molecule has 0 aliphatic rings. The quantitative estimate of drug-likeness (QED) is 0.921. The molecule has 1 aromatic carbocycles. The van der Waals surface area contributed by atoms with E-state index in [0.29, 0.717) is 10.8 Å². The number of rotatable bonds is 4. The van der Waals surface area contributed by atoms with Crippen LogP contribution in [0.25, 0.3) is 0 Å². The second-order valence-corrected chi connectivity index (χ2v) is 4.13. The average Bonchev–Trinajstić information content (AvgIpc) is 2.39. The molecule has 2 aromatic rings. The van der Waals surface area contributed by atoms with Crippen LogP contribution in [0.15, 0.2) is 45.8 Å². The Morgan fingerprint density at radius 3 is 2.61 bits per heavy atom. The summed E-state index contributed by atoms with van der Waals surface area (Å²) < 4.78 is 10.5. The summed E-state index contributed by atoms with van der Waals surface area (Å²) >= 11 is 5.77. The van der Waals surface area contributed by atoms with E-state index in [9.17, 15) is 4.79 Å². The molecule has 1 heterocycles. The topological polar surface area (TPSA) is 65.5 Å². The minimum Gasteiger partial charge on any atom is -0.482 e. The van der Waals surface area contributed by atoms with Gasteiger partial charge < -0.3 is 14.9 Å². The molecule has 0 bridgehead atoms. The average molecular weight is 266 g/mol. The highest BCUT2D eigenvalue weighted by Crippen LogP contribution is 2.12. The van der Waals surface area contributed by atoms with E-state index in [-0.39, 0.29) is 24.3 Å². The lowest BCUT2D eigenvalue weighted by Gasteiger charge is -2.05. The van der Waals surface area contributed by atoms with Crippen molar-refractivity contribution in [3.63, 3.8) is 0 Å². The van der Waals surface area contributed by atoms with Crippen LogP contribution in [0.4, 0.5) is 0 Å². The first kappa shape index (κ1) is 12.7. The highest BCUT2D eigenvalue weighted by Gasteiger charge is 2.04. The van der Waals surface area contributed by atoms with E-state index in [1.54, 1.807) is 12.1 Å². The second kappa shape index (κ2) is 5.71. The fourth-order valence-electron chi connectivity index (χ4n) is 1.39. The van der Waals surface area contributed by atoms with E-state index in [0.717, 1.165) is 5.56 Å². The lowest BCUT2D eigenvalue weighted by atomic mass is 10.2. The van der Waals surface area contributed by atoms with Crippen molar-refractivity contribution < 1.29 is 9.15 Å². The standard InChI is InChI=1S/C13H12ClNO3/c14-10-3-1-9(2-4-10)7-18-13-8-17-11(6-15)5-12(13)16/h1-5,8H,6-7,15H2. The zero-order chi connectivity index (χ0) is 13.0. The van der Waals surface area contributed by atoms with Gasteiger partial charge >= 0.3 is 0 Å². The van der Waals surface area contributed by atoms with Crippen molar-refractivity contribution in [2.45, 2.75) is 13.2 Å². The van der Waals surface area contributed by atoms with E-state index in [2.05, 4.69) is 0 Å². The third-order valence-electron chi connectivity index (χ3n) is 2.36. The van der Waals surface area contributed by atoms with Crippen molar-refractivity contribution in [1.82, 2.24) is 0 Å². The molecule has 0 saturated carbocycles. The van der Waals surface area contributed by atoms with Crippen LogP contribution in [0.5, 0.6) is 5.75 Å². The molecule has 0 aliphatic carbocycles. The molecule has 0 radical (unpaired) electrons. The Morgan fingerprint density at radius 2 is 2.00 bits per heavy atom. The zero-order valence-corrected chi connectivity index (χ0v) is 10.3. The number of ether oxygens (including phenoxy) is 1. The van der Waals surface area contributed by atoms with Gasteiger partial charge in [-0.2, -0.15) is 0 Å². The molecular formula is C13H12ClNO3. The number of nitrogens with two attached hydrogens (primary N) is 1. The Balaban J connectivity index is 2.06. The summed E-state index contributed by atoms with van der Waals surface area (Å²) in [6, 6.07) is 8.52. The van der Waals surface area contributed by atoms with E-state index in [1.807, 2.05) is 12.1 Å². The van der Waals surface area contributed by atoms with Gasteiger partial charge in [-0.3, -0.25) is 4.79 Å². The molecule has 0 unspecified atom stereocenters. The van der Waals surface area contributed by atoms with Crippen molar-refractivity contribution >= 4 is 11.6 Å². The van der Waals surface area contributed by atoms with Crippen LogP contribution in [0.1, 0.15) is 11.3 Å². The molecule has 0 fully saturated rings. The first-order chi connectivity index (χ1) is 8.69. The number of hydrogen-bond donors (Lipinski definition) is 1. The summed E-state index contributed by atoms with van der Waals surface area (Å²) in [4.78, 5) is 11.6. The monoisotopic (exact) mass is 265 g/mol. The van der Waals surface area contributed by atoms with E-state index in [1.165, 1.54) is 12.3 Å². The summed E-state index contributed by atoms with van der Waals surface area (Å²) in [7, 11) is 0. The molecule has 18 heavy (non-hydrogen) atoms. The molecular weight excluding hydrogens is 254 g/mol. The van der Waals surface area contributed by atoms with Crippen LogP contribution < -0.4 is 15.9 Å². The van der Waals surface area contributed by atoms with Crippen molar-refractivity contribution in [1.29, 1.82) is 0 Å². The van der Waals surface area contributed by atoms with Gasteiger partial charge in [0.15, 0.2) is 0 Å². The van der Waals surface area contributed by atoms with Crippen molar-refractivity contribution in [2.75, 3.05) is 0 Å². The normalized spacial score (nSPS) is 10.3. The maximum absolute atomic E-state index is 11.6. The third-order valence-corrected chi connectivity index (χ3v) is 2.61. The van der Waals surface area contributed by atoms with Gasteiger partial charge in [0.25, 0.3) is 0 Å². The maximum atomic E-state index is 11.6. The van der Waals surface area contributed by atoms with Gasteiger partial charge in [-0.15, -0.1) is 0 Å². The molecule has 5 heteroatoms. The molecule has 94 valence electrons. The fourth-order valence-corrected chi connectivity index (χ4v) is 1.52. The van der Waals surface area contributed by atoms with Crippen molar-refractivity contribution in [3.05, 3.63) is 63.2 Å². The van der Waals surface area contributed by atoms with Gasteiger partial charge in [-0.1, -0.05) is 23.7 Å². The van der Waals surface area contributed by atoms with Crippen LogP contribution in [0, 0.1) is 0 Å². The minimum absolute atomic E-state index is 0.169. The van der Waals surface area contributed by atoms with Crippen LogP contribution >= 0.6 is 11.6 Å². The molecule has 0 amide bonds. The van der Waals surface area contributed by atoms with Gasteiger partial charge in [-0.25, -0.2) is 0 Å². The zero-order valence-electron chi connectivity index (χ0n) is 9.56. The highest BCUT2D eigenvalue weighted by molar-refractivity contribution is 6.30. The molecule has 2 N–H and O–H groups in total. The number of hydrogen-bond acceptors (Lipinski definition) is 4. The van der Waals surface area contributed by atoms with E-state index >= 15 is 0 Å². The van der Waals surface area contributed by atoms with Gasteiger partial charge in [0.2, 0.25) is 11.2 Å². The van der Waals surface area contributed by atoms with E-state index in [4.69, 9.17) is 26.5 Å². The van der Waals surface area contributed by atoms with Crippen molar-refractivity contribution in [2.24, 2.45) is 5.73 Å². The summed E-state index contributed by atoms with van der Waals surface area (Å²) in [6.45, 7) is 0.469.